The minimum absolute atomic E-state index is 0.113. The normalized spacial score (nSPS) is 17.1. The quantitative estimate of drug-likeness (QED) is 0.183. The molecule has 7 nitrogen and oxygen atoms in total. The Labute approximate surface area is 213 Å². The third-order valence-electron chi connectivity index (χ3n) is 6.43. The summed E-state index contributed by atoms with van der Waals surface area (Å²) in [6.07, 6.45) is 3.96. The zero-order valence-corrected chi connectivity index (χ0v) is 21.1. The number of rotatable bonds is 5. The van der Waals surface area contributed by atoms with Crippen molar-refractivity contribution in [1.82, 2.24) is 4.57 Å². The van der Waals surface area contributed by atoms with Crippen molar-refractivity contribution in [3.63, 3.8) is 0 Å². The minimum atomic E-state index is -0.304. The zero-order chi connectivity index (χ0) is 24.7. The van der Waals surface area contributed by atoms with Crippen molar-refractivity contribution < 1.29 is 9.72 Å². The number of benzene rings is 2. The van der Waals surface area contributed by atoms with Crippen LogP contribution in [0.3, 0.4) is 0 Å². The zero-order valence-electron chi connectivity index (χ0n) is 19.4. The molecular formula is C26H24N4O3S2. The smallest absolute Gasteiger partial charge is 0.294 e. The van der Waals surface area contributed by atoms with Crippen LogP contribution in [0.5, 0.6) is 0 Å². The maximum Gasteiger partial charge on any atom is 0.294 e. The van der Waals surface area contributed by atoms with Gasteiger partial charge in [-0.15, -0.1) is 0 Å². The Morgan fingerprint density at radius 3 is 2.43 bits per heavy atom. The van der Waals surface area contributed by atoms with Gasteiger partial charge in [0.1, 0.15) is 5.69 Å². The Bertz CT molecular complexity index is 1370. The number of thioether (sulfide) groups is 1. The molecule has 2 aliphatic rings. The fraction of sp³-hybridized carbons (Fsp3) is 0.231. The van der Waals surface area contributed by atoms with E-state index in [0.717, 1.165) is 54.3 Å². The van der Waals surface area contributed by atoms with Gasteiger partial charge in [0, 0.05) is 30.5 Å². The highest BCUT2D eigenvalue weighted by molar-refractivity contribution is 8.27. The molecule has 0 bridgehead atoms. The Morgan fingerprint density at radius 2 is 1.74 bits per heavy atom. The van der Waals surface area contributed by atoms with Crippen LogP contribution in [0.1, 0.15) is 29.8 Å². The molecule has 9 heteroatoms. The number of nitro benzene ring substituents is 1. The second-order valence-electron chi connectivity index (χ2n) is 8.64. The first-order chi connectivity index (χ1) is 16.8. The van der Waals surface area contributed by atoms with E-state index in [1.807, 2.05) is 73.0 Å². The van der Waals surface area contributed by atoms with Crippen molar-refractivity contribution in [2.24, 2.45) is 0 Å². The van der Waals surface area contributed by atoms with E-state index in [1.165, 1.54) is 11.8 Å². The molecule has 0 aliphatic carbocycles. The molecule has 0 radical (unpaired) electrons. The van der Waals surface area contributed by atoms with Gasteiger partial charge in [0.05, 0.1) is 21.2 Å². The van der Waals surface area contributed by atoms with Crippen LogP contribution >= 0.6 is 24.0 Å². The number of aryl methyl sites for hydroxylation is 1. The maximum atomic E-state index is 13.1. The van der Waals surface area contributed by atoms with Gasteiger partial charge in [0.15, 0.2) is 4.32 Å². The fourth-order valence-electron chi connectivity index (χ4n) is 4.76. The van der Waals surface area contributed by atoms with Crippen molar-refractivity contribution >= 4 is 57.3 Å². The number of nitro groups is 1. The van der Waals surface area contributed by atoms with E-state index >= 15 is 0 Å². The Kier molecular flexibility index (Phi) is 6.21. The van der Waals surface area contributed by atoms with E-state index < -0.39 is 0 Å². The molecule has 1 amide bonds. The van der Waals surface area contributed by atoms with Gasteiger partial charge in [0.2, 0.25) is 0 Å². The van der Waals surface area contributed by atoms with Crippen molar-refractivity contribution in [2.75, 3.05) is 22.9 Å². The van der Waals surface area contributed by atoms with Crippen molar-refractivity contribution in [1.29, 1.82) is 0 Å². The largest absolute Gasteiger partial charge is 0.366 e. The van der Waals surface area contributed by atoms with Gasteiger partial charge >= 0.3 is 0 Å². The minimum Gasteiger partial charge on any atom is -0.366 e. The van der Waals surface area contributed by atoms with Gasteiger partial charge in [-0.2, -0.15) is 0 Å². The van der Waals surface area contributed by atoms with Crippen LogP contribution in [0.2, 0.25) is 0 Å². The number of anilines is 2. The summed E-state index contributed by atoms with van der Waals surface area (Å²) in [6, 6.07) is 16.8. The van der Waals surface area contributed by atoms with Crippen LogP contribution in [0.15, 0.2) is 59.5 Å². The number of para-hydroxylation sites is 1. The summed E-state index contributed by atoms with van der Waals surface area (Å²) < 4.78 is 2.49. The van der Waals surface area contributed by atoms with Gasteiger partial charge in [-0.3, -0.25) is 19.8 Å². The predicted octanol–water partition coefficient (Wildman–Crippen LogP) is 6.01. The molecule has 35 heavy (non-hydrogen) atoms. The van der Waals surface area contributed by atoms with Gasteiger partial charge in [0.25, 0.3) is 11.6 Å². The predicted molar refractivity (Wildman–Crippen MR) is 145 cm³/mol. The highest BCUT2D eigenvalue weighted by atomic mass is 32.2. The molecule has 0 N–H and O–H groups in total. The number of aromatic nitrogens is 1. The lowest BCUT2D eigenvalue weighted by molar-refractivity contribution is -0.384. The molecule has 0 saturated carbocycles. The monoisotopic (exact) mass is 504 g/mol. The molecule has 2 saturated heterocycles. The Balaban J connectivity index is 1.50. The Morgan fingerprint density at radius 1 is 1.03 bits per heavy atom. The number of amides is 1. The first-order valence-corrected chi connectivity index (χ1v) is 12.6. The SMILES string of the molecule is Cc1cc(/C=C2\SC(=S)N(c3ccccc3)C2=O)c(C)n1-c1ccc(N2CCCC2)c([N+](=O)[O-])c1. The van der Waals surface area contributed by atoms with E-state index in [2.05, 4.69) is 4.90 Å². The van der Waals surface area contributed by atoms with Crippen molar-refractivity contribution in [3.05, 3.63) is 86.6 Å². The van der Waals surface area contributed by atoms with Crippen LogP contribution in [-0.2, 0) is 4.79 Å². The van der Waals surface area contributed by atoms with Gasteiger partial charge in [-0.25, -0.2) is 0 Å². The second kappa shape index (κ2) is 9.31. The van der Waals surface area contributed by atoms with E-state index in [9.17, 15) is 14.9 Å². The maximum absolute atomic E-state index is 13.1. The number of hydrogen-bond acceptors (Lipinski definition) is 6. The van der Waals surface area contributed by atoms with Gasteiger partial charge in [-0.1, -0.05) is 42.2 Å². The summed E-state index contributed by atoms with van der Waals surface area (Å²) in [6.45, 7) is 5.59. The van der Waals surface area contributed by atoms with E-state index in [-0.39, 0.29) is 16.5 Å². The van der Waals surface area contributed by atoms with Crippen molar-refractivity contribution in [3.8, 4) is 5.69 Å². The number of thiocarbonyl (C=S) groups is 1. The lowest BCUT2D eigenvalue weighted by Gasteiger charge is -2.19. The van der Waals surface area contributed by atoms with Crippen LogP contribution in [0.25, 0.3) is 11.8 Å². The number of hydrogen-bond donors (Lipinski definition) is 0. The summed E-state index contributed by atoms with van der Waals surface area (Å²) >= 11 is 6.76. The van der Waals surface area contributed by atoms with E-state index in [4.69, 9.17) is 12.2 Å². The molecule has 1 aromatic heterocycles. The topological polar surface area (TPSA) is 71.6 Å². The molecule has 3 heterocycles. The molecule has 2 aliphatic heterocycles. The van der Waals surface area contributed by atoms with E-state index in [1.54, 1.807) is 11.0 Å². The van der Waals surface area contributed by atoms with Gasteiger partial charge in [-0.05, 0) is 68.7 Å². The molecule has 5 rings (SSSR count). The molecule has 0 spiro atoms. The molecule has 2 fully saturated rings. The summed E-state index contributed by atoms with van der Waals surface area (Å²) in [5.74, 6) is -0.151. The van der Waals surface area contributed by atoms with Crippen molar-refractivity contribution in [2.45, 2.75) is 26.7 Å². The summed E-state index contributed by atoms with van der Waals surface area (Å²) in [4.78, 5) is 28.9. The van der Waals surface area contributed by atoms with E-state index in [0.29, 0.717) is 14.9 Å². The number of carbonyl (C=O) groups is 1. The Hall–Kier alpha value is -3.43. The lowest BCUT2D eigenvalue weighted by atomic mass is 10.2. The lowest BCUT2D eigenvalue weighted by Crippen LogP contribution is -2.27. The van der Waals surface area contributed by atoms with Crippen LogP contribution in [0, 0.1) is 24.0 Å². The van der Waals surface area contributed by atoms with Crippen LogP contribution < -0.4 is 9.80 Å². The highest BCUT2D eigenvalue weighted by Crippen LogP contribution is 2.38. The molecule has 0 atom stereocenters. The molecule has 0 unspecified atom stereocenters. The third-order valence-corrected chi connectivity index (χ3v) is 7.73. The first kappa shape index (κ1) is 23.3. The molecule has 3 aromatic rings. The van der Waals surface area contributed by atoms with Crippen LogP contribution in [0.4, 0.5) is 17.1 Å². The third kappa shape index (κ3) is 4.26. The number of carbonyl (C=O) groups excluding carboxylic acids is 1. The molecule has 2 aromatic carbocycles. The molecule has 178 valence electrons. The van der Waals surface area contributed by atoms with Gasteiger partial charge < -0.3 is 9.47 Å². The first-order valence-electron chi connectivity index (χ1n) is 11.4. The summed E-state index contributed by atoms with van der Waals surface area (Å²) in [7, 11) is 0. The summed E-state index contributed by atoms with van der Waals surface area (Å²) in [5, 5.41) is 11.9. The average Bonchev–Trinajstić information content (AvgIpc) is 3.54. The van der Waals surface area contributed by atoms with Crippen LogP contribution in [-0.4, -0.2) is 32.8 Å². The average molecular weight is 505 g/mol. The number of nitrogens with zero attached hydrogens (tertiary/aromatic N) is 4. The molecular weight excluding hydrogens is 480 g/mol. The fourth-order valence-corrected chi connectivity index (χ4v) is 6.05. The summed E-state index contributed by atoms with van der Waals surface area (Å²) in [5.41, 5.74) is 4.96. The second-order valence-corrected chi connectivity index (χ2v) is 10.3. The standard InChI is InChI=1S/C26H24N4O3S2/c1-17-14-19(15-24-25(31)29(26(34)35-24)20-8-4-3-5-9-20)18(2)28(17)21-10-11-22(23(16-21)30(32)33)27-12-6-7-13-27/h3-5,8-11,14-16H,6-7,12-13H2,1-2H3/b24-15-. The highest BCUT2D eigenvalue weighted by Gasteiger charge is 2.33.